The van der Waals surface area contributed by atoms with Crippen molar-refractivity contribution in [2.75, 3.05) is 10.6 Å². The molecule has 0 unspecified atom stereocenters. The Kier molecular flexibility index (Phi) is 6.37. The molecule has 10 heteroatoms. The van der Waals surface area contributed by atoms with Crippen molar-refractivity contribution in [1.29, 1.82) is 0 Å². The van der Waals surface area contributed by atoms with Crippen molar-refractivity contribution < 1.29 is 19.5 Å². The molecule has 0 aliphatic carbocycles. The van der Waals surface area contributed by atoms with Crippen LogP contribution in [0, 0.1) is 6.92 Å². The summed E-state index contributed by atoms with van der Waals surface area (Å²) < 4.78 is 0. The van der Waals surface area contributed by atoms with Crippen LogP contribution in [-0.2, 0) is 0 Å². The molecule has 34 heavy (non-hydrogen) atoms. The fourth-order valence-corrected chi connectivity index (χ4v) is 3.54. The molecular weight excluding hydrogens is 458 g/mol. The molecule has 3 aromatic carbocycles. The van der Waals surface area contributed by atoms with Gasteiger partial charge >= 0.3 is 6.03 Å². The van der Waals surface area contributed by atoms with E-state index in [-0.39, 0.29) is 33.5 Å². The smallest absolute Gasteiger partial charge is 0.328 e. The number of rotatable bonds is 4. The number of aromatic hydroxyl groups is 1. The van der Waals surface area contributed by atoms with E-state index < -0.39 is 17.8 Å². The van der Waals surface area contributed by atoms with Crippen LogP contribution in [0.15, 0.2) is 67.0 Å². The lowest BCUT2D eigenvalue weighted by Crippen LogP contribution is -2.34. The predicted octanol–water partition coefficient (Wildman–Crippen LogP) is 4.51. The lowest BCUT2D eigenvalue weighted by molar-refractivity contribution is 0.0966. The van der Waals surface area contributed by atoms with Crippen LogP contribution in [0.5, 0.6) is 5.75 Å². The minimum Gasteiger partial charge on any atom is -0.507 e. The fourth-order valence-electron chi connectivity index (χ4n) is 3.31. The van der Waals surface area contributed by atoms with Gasteiger partial charge in [0.15, 0.2) is 0 Å². The summed E-state index contributed by atoms with van der Waals surface area (Å²) in [5.74, 6) is -1.36. The average molecular weight is 476 g/mol. The number of nitrogens with zero attached hydrogens (tertiary/aromatic N) is 2. The molecule has 4 N–H and O–H groups in total. The van der Waals surface area contributed by atoms with E-state index in [9.17, 15) is 19.5 Å². The lowest BCUT2D eigenvalue weighted by atomic mass is 10.00. The number of hydrogen-bond donors (Lipinski definition) is 4. The lowest BCUT2D eigenvalue weighted by Gasteiger charge is -2.13. The average Bonchev–Trinajstić information content (AvgIpc) is 2.83. The maximum atomic E-state index is 12.8. The van der Waals surface area contributed by atoms with Crippen molar-refractivity contribution in [2.45, 2.75) is 6.92 Å². The highest BCUT2D eigenvalue weighted by Crippen LogP contribution is 2.32. The SMILES string of the molecule is Cc1c(O)c(C(=O)Nc2ccc(C(=O)NC(=O)Nc3ncccn3)cc2Cl)cc2ccccc12. The first-order valence-electron chi connectivity index (χ1n) is 10.0. The van der Waals surface area contributed by atoms with Crippen LogP contribution >= 0.6 is 11.6 Å². The highest BCUT2D eigenvalue weighted by atomic mass is 35.5. The monoisotopic (exact) mass is 475 g/mol. The molecule has 4 rings (SSSR count). The molecule has 9 nitrogen and oxygen atoms in total. The van der Waals surface area contributed by atoms with Gasteiger partial charge in [0, 0.05) is 18.0 Å². The molecule has 0 saturated heterocycles. The van der Waals surface area contributed by atoms with Gasteiger partial charge in [-0.25, -0.2) is 14.8 Å². The molecule has 0 saturated carbocycles. The highest BCUT2D eigenvalue weighted by Gasteiger charge is 2.18. The number of fused-ring (bicyclic) bond motifs is 1. The van der Waals surface area contributed by atoms with Crippen LogP contribution in [0.1, 0.15) is 26.3 Å². The highest BCUT2D eigenvalue weighted by molar-refractivity contribution is 6.34. The number of urea groups is 1. The summed E-state index contributed by atoms with van der Waals surface area (Å²) in [4.78, 5) is 44.8. The van der Waals surface area contributed by atoms with Gasteiger partial charge in [0.05, 0.1) is 16.3 Å². The Hall–Kier alpha value is -4.50. The van der Waals surface area contributed by atoms with Gasteiger partial charge in [-0.2, -0.15) is 0 Å². The van der Waals surface area contributed by atoms with E-state index in [1.54, 1.807) is 19.1 Å². The topological polar surface area (TPSA) is 133 Å². The minimum absolute atomic E-state index is 0.0380. The molecule has 0 aliphatic heterocycles. The molecule has 0 aliphatic rings. The van der Waals surface area contributed by atoms with Crippen molar-refractivity contribution in [3.8, 4) is 5.75 Å². The molecule has 4 aromatic rings. The molecule has 0 atom stereocenters. The van der Waals surface area contributed by atoms with Gasteiger partial charge in [0.25, 0.3) is 11.8 Å². The van der Waals surface area contributed by atoms with Crippen molar-refractivity contribution in [1.82, 2.24) is 15.3 Å². The van der Waals surface area contributed by atoms with Crippen LogP contribution in [0.2, 0.25) is 5.02 Å². The number of halogens is 1. The van der Waals surface area contributed by atoms with Crippen molar-refractivity contribution in [2.24, 2.45) is 0 Å². The maximum Gasteiger partial charge on any atom is 0.328 e. The number of phenols is 1. The third kappa shape index (κ3) is 4.79. The number of imide groups is 1. The van der Waals surface area contributed by atoms with Crippen LogP contribution < -0.4 is 16.0 Å². The van der Waals surface area contributed by atoms with Gasteiger partial charge in [-0.05, 0) is 53.6 Å². The van der Waals surface area contributed by atoms with E-state index in [2.05, 4.69) is 25.9 Å². The number of carbonyl (C=O) groups is 3. The van der Waals surface area contributed by atoms with E-state index in [0.29, 0.717) is 5.56 Å². The van der Waals surface area contributed by atoms with Crippen molar-refractivity contribution in [3.63, 3.8) is 0 Å². The van der Waals surface area contributed by atoms with Crippen molar-refractivity contribution in [3.05, 3.63) is 88.7 Å². The first-order valence-corrected chi connectivity index (χ1v) is 10.4. The summed E-state index contributed by atoms with van der Waals surface area (Å²) in [7, 11) is 0. The summed E-state index contributed by atoms with van der Waals surface area (Å²) in [5, 5.41) is 19.4. The second-order valence-electron chi connectivity index (χ2n) is 7.25. The molecule has 4 amide bonds. The Morgan fingerprint density at radius 2 is 1.65 bits per heavy atom. The van der Waals surface area contributed by atoms with Gasteiger partial charge in [-0.15, -0.1) is 0 Å². The number of nitrogens with one attached hydrogen (secondary N) is 3. The zero-order valence-electron chi connectivity index (χ0n) is 17.8. The van der Waals surface area contributed by atoms with E-state index in [0.717, 1.165) is 10.8 Å². The first kappa shape index (κ1) is 22.7. The number of phenolic OH excluding ortho intramolecular Hbond substituents is 1. The second-order valence-corrected chi connectivity index (χ2v) is 7.66. The molecule has 0 radical (unpaired) electrons. The largest absolute Gasteiger partial charge is 0.507 e. The van der Waals surface area contributed by atoms with E-state index in [4.69, 9.17) is 11.6 Å². The zero-order valence-corrected chi connectivity index (χ0v) is 18.6. The van der Waals surface area contributed by atoms with Gasteiger partial charge in [-0.1, -0.05) is 35.9 Å². The van der Waals surface area contributed by atoms with Gasteiger partial charge in [0.2, 0.25) is 5.95 Å². The van der Waals surface area contributed by atoms with Crippen LogP contribution in [0.3, 0.4) is 0 Å². The quantitative estimate of drug-likeness (QED) is 0.343. The van der Waals surface area contributed by atoms with Crippen LogP contribution in [-0.4, -0.2) is 32.9 Å². The fraction of sp³-hybridized carbons (Fsp3) is 0.0417. The number of aromatic nitrogens is 2. The number of carbonyl (C=O) groups excluding carboxylic acids is 3. The molecular formula is C24H18ClN5O4. The Morgan fingerprint density at radius 3 is 2.38 bits per heavy atom. The Bertz CT molecular complexity index is 1430. The third-order valence-electron chi connectivity index (χ3n) is 5.02. The second kappa shape index (κ2) is 9.55. The number of hydrogen-bond acceptors (Lipinski definition) is 6. The Balaban J connectivity index is 1.48. The normalized spacial score (nSPS) is 10.5. The predicted molar refractivity (Wildman–Crippen MR) is 128 cm³/mol. The number of benzene rings is 3. The summed E-state index contributed by atoms with van der Waals surface area (Å²) in [5.41, 5.74) is 1.00. The van der Waals surface area contributed by atoms with Gasteiger partial charge in [0.1, 0.15) is 5.75 Å². The maximum absolute atomic E-state index is 12.8. The van der Waals surface area contributed by atoms with E-state index in [1.807, 2.05) is 24.3 Å². The van der Waals surface area contributed by atoms with E-state index >= 15 is 0 Å². The Morgan fingerprint density at radius 1 is 0.912 bits per heavy atom. The Labute approximate surface area is 198 Å². The van der Waals surface area contributed by atoms with Gasteiger partial charge < -0.3 is 10.4 Å². The van der Waals surface area contributed by atoms with Crippen LogP contribution in [0.4, 0.5) is 16.4 Å². The summed E-state index contributed by atoms with van der Waals surface area (Å²) in [6, 6.07) is 13.9. The molecule has 0 fully saturated rings. The molecule has 1 heterocycles. The summed E-state index contributed by atoms with van der Waals surface area (Å²) in [6.45, 7) is 1.73. The van der Waals surface area contributed by atoms with Crippen LogP contribution in [0.25, 0.3) is 10.8 Å². The minimum atomic E-state index is -0.813. The molecule has 0 bridgehead atoms. The first-order chi connectivity index (χ1) is 16.3. The third-order valence-corrected chi connectivity index (χ3v) is 5.33. The number of anilines is 2. The van der Waals surface area contributed by atoms with Crippen molar-refractivity contribution >= 4 is 51.9 Å². The number of aryl methyl sites for hydroxylation is 1. The van der Waals surface area contributed by atoms with E-state index in [1.165, 1.54) is 30.6 Å². The summed E-state index contributed by atoms with van der Waals surface area (Å²) >= 11 is 6.26. The summed E-state index contributed by atoms with van der Waals surface area (Å²) in [6.07, 6.45) is 2.88. The zero-order chi connectivity index (χ0) is 24.2. The molecule has 1 aromatic heterocycles. The molecule has 170 valence electrons. The molecule has 0 spiro atoms. The van der Waals surface area contributed by atoms with Gasteiger partial charge in [-0.3, -0.25) is 20.2 Å². The standard InChI is InChI=1S/C24H18ClN5O4/c1-13-16-6-3-2-5-14(16)11-17(20(13)31)22(33)28-19-8-7-15(12-18(19)25)21(32)29-24(34)30-23-26-9-4-10-27-23/h2-12,31H,1H3,(H,28,33)(H2,26,27,29,30,32,34). The number of amides is 4.